The quantitative estimate of drug-likeness (QED) is 0.761. The molecule has 5 nitrogen and oxygen atoms in total. The van der Waals surface area contributed by atoms with E-state index >= 15 is 0 Å². The van der Waals surface area contributed by atoms with Crippen molar-refractivity contribution < 1.29 is 14.9 Å². The van der Waals surface area contributed by atoms with E-state index in [0.717, 1.165) is 10.9 Å². The van der Waals surface area contributed by atoms with Gasteiger partial charge in [0.05, 0.1) is 12.1 Å². The summed E-state index contributed by atoms with van der Waals surface area (Å²) in [5, 5.41) is 24.4. The van der Waals surface area contributed by atoms with Gasteiger partial charge in [-0.05, 0) is 5.56 Å². The Kier molecular flexibility index (Phi) is 5.30. The number of nitrogens with one attached hydrogen (secondary N) is 1. The monoisotopic (exact) mass is 340 g/mol. The van der Waals surface area contributed by atoms with E-state index in [-0.39, 0.29) is 17.6 Å². The van der Waals surface area contributed by atoms with Crippen LogP contribution in [0.15, 0.2) is 35.3 Å². The van der Waals surface area contributed by atoms with Crippen molar-refractivity contribution in [1.29, 1.82) is 0 Å². The number of amidine groups is 1. The van der Waals surface area contributed by atoms with Gasteiger partial charge in [0.1, 0.15) is 17.6 Å². The van der Waals surface area contributed by atoms with E-state index in [1.54, 1.807) is 18.8 Å². The number of hydrogen-bond acceptors (Lipinski definition) is 6. The second-order valence-electron chi connectivity index (χ2n) is 5.34. The zero-order chi connectivity index (χ0) is 15.5. The normalized spacial score (nSPS) is 36.1. The number of thioether (sulfide) groups is 2. The molecule has 1 aromatic carbocycles. The summed E-state index contributed by atoms with van der Waals surface area (Å²) in [6.07, 6.45) is -2.09. The maximum Gasteiger partial charge on any atom is 0.159 e. The molecule has 5 atom stereocenters. The molecule has 2 aliphatic heterocycles. The maximum atomic E-state index is 10.3. The first-order valence-electron chi connectivity index (χ1n) is 7.22. The van der Waals surface area contributed by atoms with Crippen molar-refractivity contribution in [2.45, 2.75) is 35.5 Å². The second kappa shape index (κ2) is 7.23. The van der Waals surface area contributed by atoms with Crippen LogP contribution in [0.5, 0.6) is 0 Å². The second-order valence-corrected chi connectivity index (χ2v) is 7.46. The summed E-state index contributed by atoms with van der Waals surface area (Å²) >= 11 is 3.17. The molecule has 0 radical (unpaired) electrons. The molecule has 0 aliphatic carbocycles. The van der Waals surface area contributed by atoms with Crippen molar-refractivity contribution in [1.82, 2.24) is 5.32 Å². The van der Waals surface area contributed by atoms with Gasteiger partial charge in [-0.25, -0.2) is 0 Å². The number of hydrogen-bond donors (Lipinski definition) is 3. The lowest BCUT2D eigenvalue weighted by Gasteiger charge is -2.38. The van der Waals surface area contributed by atoms with Crippen LogP contribution >= 0.6 is 23.5 Å². The van der Waals surface area contributed by atoms with Gasteiger partial charge in [-0.15, -0.1) is 0 Å². The van der Waals surface area contributed by atoms with E-state index in [0.29, 0.717) is 5.75 Å². The third kappa shape index (κ3) is 3.44. The molecule has 0 saturated carbocycles. The Balaban J connectivity index is 1.56. The van der Waals surface area contributed by atoms with E-state index < -0.39 is 12.2 Å². The molecule has 0 bridgehead atoms. The SMILES string of the molecule is CN=C1N[C@@H]2[C@@H](O)[C@H](O)[C@@H](CSCc3ccccc3)O[C@@H]2S1. The van der Waals surface area contributed by atoms with Gasteiger partial charge in [0.25, 0.3) is 0 Å². The largest absolute Gasteiger partial charge is 0.388 e. The van der Waals surface area contributed by atoms with Gasteiger partial charge < -0.3 is 20.3 Å². The minimum Gasteiger partial charge on any atom is -0.388 e. The Morgan fingerprint density at radius 1 is 1.27 bits per heavy atom. The lowest BCUT2D eigenvalue weighted by Crippen LogP contribution is -2.59. The summed E-state index contributed by atoms with van der Waals surface area (Å²) in [5.74, 6) is 1.51. The third-order valence-corrected chi connectivity index (χ3v) is 6.08. The summed E-state index contributed by atoms with van der Waals surface area (Å²) in [5.41, 5.74) is 1.05. The highest BCUT2D eigenvalue weighted by Gasteiger charge is 2.48. The van der Waals surface area contributed by atoms with Crippen LogP contribution in [-0.2, 0) is 10.5 Å². The molecule has 1 aromatic rings. The molecule has 0 unspecified atom stereocenters. The van der Waals surface area contributed by atoms with Gasteiger partial charge in [0.2, 0.25) is 0 Å². The van der Waals surface area contributed by atoms with Crippen LogP contribution in [0.2, 0.25) is 0 Å². The number of nitrogens with zero attached hydrogens (tertiary/aromatic N) is 1. The Morgan fingerprint density at radius 3 is 2.77 bits per heavy atom. The Hall–Kier alpha value is -0.730. The zero-order valence-corrected chi connectivity index (χ0v) is 13.9. The van der Waals surface area contributed by atoms with Gasteiger partial charge >= 0.3 is 0 Å². The molecule has 3 N–H and O–H groups in total. The smallest absolute Gasteiger partial charge is 0.159 e. The van der Waals surface area contributed by atoms with E-state index in [4.69, 9.17) is 4.74 Å². The van der Waals surface area contributed by atoms with E-state index in [1.165, 1.54) is 17.3 Å². The molecule has 2 saturated heterocycles. The minimum atomic E-state index is -0.881. The van der Waals surface area contributed by atoms with E-state index in [2.05, 4.69) is 22.4 Å². The van der Waals surface area contributed by atoms with Crippen LogP contribution in [0, 0.1) is 0 Å². The molecule has 2 fully saturated rings. The fourth-order valence-electron chi connectivity index (χ4n) is 2.59. The van der Waals surface area contributed by atoms with Crippen LogP contribution in [0.4, 0.5) is 0 Å². The van der Waals surface area contributed by atoms with Gasteiger partial charge in [-0.1, -0.05) is 42.1 Å². The van der Waals surface area contributed by atoms with Crippen molar-refractivity contribution >= 4 is 28.7 Å². The molecular formula is C15H20N2O3S2. The Labute approximate surface area is 138 Å². The molecule has 0 spiro atoms. The van der Waals surface area contributed by atoms with E-state index in [9.17, 15) is 10.2 Å². The van der Waals surface area contributed by atoms with Crippen molar-refractivity contribution in [3.05, 3.63) is 35.9 Å². The molecule has 3 rings (SSSR count). The number of aliphatic hydroxyl groups excluding tert-OH is 2. The van der Waals surface area contributed by atoms with Gasteiger partial charge in [0.15, 0.2) is 5.17 Å². The highest BCUT2D eigenvalue weighted by atomic mass is 32.2. The first-order chi connectivity index (χ1) is 10.7. The van der Waals surface area contributed by atoms with Crippen molar-refractivity contribution in [2.24, 2.45) is 4.99 Å². The summed E-state index contributed by atoms with van der Waals surface area (Å²) in [4.78, 5) is 4.09. The Morgan fingerprint density at radius 2 is 2.05 bits per heavy atom. The van der Waals surface area contributed by atoms with Gasteiger partial charge in [0, 0.05) is 18.6 Å². The first kappa shape index (κ1) is 16.1. The average molecular weight is 340 g/mol. The topological polar surface area (TPSA) is 74.1 Å². The fourth-order valence-corrected chi connectivity index (χ4v) is 4.75. The fraction of sp³-hybridized carbons (Fsp3) is 0.533. The third-order valence-electron chi connectivity index (χ3n) is 3.82. The van der Waals surface area contributed by atoms with Crippen molar-refractivity contribution in [3.8, 4) is 0 Å². The van der Waals surface area contributed by atoms with E-state index in [1.807, 2.05) is 18.2 Å². The summed E-state index contributed by atoms with van der Waals surface area (Å²) in [6, 6.07) is 9.89. The van der Waals surface area contributed by atoms with Crippen molar-refractivity contribution in [2.75, 3.05) is 12.8 Å². The zero-order valence-electron chi connectivity index (χ0n) is 12.3. The number of aliphatic imine (C=N–C) groups is 1. The minimum absolute atomic E-state index is 0.195. The standard InChI is InChI=1S/C15H20N2O3S2/c1-16-15-17-11-13(19)12(18)10(20-14(11)22-15)8-21-7-9-5-3-2-4-6-9/h2-6,10-14,18-19H,7-8H2,1H3,(H,16,17)/t10-,11-,12-,13-,14-/m1/s1. The number of rotatable bonds is 4. The summed E-state index contributed by atoms with van der Waals surface area (Å²) in [6.45, 7) is 0. The number of ether oxygens (including phenoxy) is 1. The first-order valence-corrected chi connectivity index (χ1v) is 9.25. The number of benzene rings is 1. The molecule has 22 heavy (non-hydrogen) atoms. The van der Waals surface area contributed by atoms with Gasteiger partial charge in [-0.3, -0.25) is 4.99 Å². The molecule has 120 valence electrons. The number of aliphatic hydroxyl groups is 2. The molecule has 0 amide bonds. The molecule has 2 aliphatic rings. The predicted molar refractivity (Wildman–Crippen MR) is 91.2 cm³/mol. The lowest BCUT2D eigenvalue weighted by atomic mass is 9.99. The van der Waals surface area contributed by atoms with Crippen LogP contribution in [-0.4, -0.2) is 58.0 Å². The maximum absolute atomic E-state index is 10.3. The average Bonchev–Trinajstić information content (AvgIpc) is 2.96. The highest BCUT2D eigenvalue weighted by molar-refractivity contribution is 8.14. The highest BCUT2D eigenvalue weighted by Crippen LogP contribution is 2.34. The Bertz CT molecular complexity index is 529. The van der Waals surface area contributed by atoms with Crippen LogP contribution in [0.1, 0.15) is 5.56 Å². The molecular weight excluding hydrogens is 320 g/mol. The molecule has 7 heteroatoms. The van der Waals surface area contributed by atoms with Crippen LogP contribution < -0.4 is 5.32 Å². The van der Waals surface area contributed by atoms with Gasteiger partial charge in [-0.2, -0.15) is 11.8 Å². The lowest BCUT2D eigenvalue weighted by molar-refractivity contribution is -0.147. The summed E-state index contributed by atoms with van der Waals surface area (Å²) in [7, 11) is 1.70. The van der Waals surface area contributed by atoms with Crippen LogP contribution in [0.25, 0.3) is 0 Å². The summed E-state index contributed by atoms with van der Waals surface area (Å²) < 4.78 is 5.95. The predicted octanol–water partition coefficient (Wildman–Crippen LogP) is 1.06. The molecule has 2 heterocycles. The van der Waals surface area contributed by atoms with Crippen LogP contribution in [0.3, 0.4) is 0 Å². The molecule has 0 aromatic heterocycles. The van der Waals surface area contributed by atoms with Crippen molar-refractivity contribution in [3.63, 3.8) is 0 Å². The number of fused-ring (bicyclic) bond motifs is 1.